The minimum absolute atomic E-state index is 0.312. The highest BCUT2D eigenvalue weighted by molar-refractivity contribution is 5.76. The molecule has 1 unspecified atom stereocenters. The fourth-order valence-electron chi connectivity index (χ4n) is 2.42. The van der Waals surface area contributed by atoms with Crippen molar-refractivity contribution in [1.29, 1.82) is 0 Å². The van der Waals surface area contributed by atoms with Gasteiger partial charge in [0.1, 0.15) is 11.9 Å². The molecule has 4 nitrogen and oxygen atoms in total. The number of hydrogen-bond donors (Lipinski definition) is 0. The van der Waals surface area contributed by atoms with Gasteiger partial charge >= 0.3 is 5.97 Å². The van der Waals surface area contributed by atoms with Crippen LogP contribution in [-0.4, -0.2) is 25.0 Å². The van der Waals surface area contributed by atoms with Gasteiger partial charge in [-0.05, 0) is 18.9 Å². The van der Waals surface area contributed by atoms with E-state index >= 15 is 0 Å². The van der Waals surface area contributed by atoms with E-state index in [-0.39, 0.29) is 0 Å². The van der Waals surface area contributed by atoms with Crippen LogP contribution in [0.4, 0.5) is 4.39 Å². The van der Waals surface area contributed by atoms with Gasteiger partial charge in [-0.15, -0.1) is 0 Å². The largest absolute Gasteiger partial charge is 0.467 e. The highest BCUT2D eigenvalue weighted by Gasteiger charge is 2.50. The standard InChI is InChI=1S/C15H19FO4/c1-4-15(5-2)19-12(13(20-15)14(17)18-3)10-8-6-7-9-11(10)16/h6-9,12-13H,4-5H2,1-3H3/t12?,13-/m1/s1. The van der Waals surface area contributed by atoms with Crippen molar-refractivity contribution in [2.45, 2.75) is 44.7 Å². The third-order valence-electron chi connectivity index (χ3n) is 3.68. The van der Waals surface area contributed by atoms with Gasteiger partial charge in [0, 0.05) is 5.56 Å². The molecule has 0 amide bonds. The molecular weight excluding hydrogens is 263 g/mol. The quantitative estimate of drug-likeness (QED) is 0.796. The molecule has 0 N–H and O–H groups in total. The molecule has 0 spiro atoms. The summed E-state index contributed by atoms with van der Waals surface area (Å²) in [4.78, 5) is 11.9. The highest BCUT2D eigenvalue weighted by atomic mass is 19.1. The Morgan fingerprint density at radius 2 is 1.95 bits per heavy atom. The number of benzene rings is 1. The normalized spacial score (nSPS) is 24.6. The summed E-state index contributed by atoms with van der Waals surface area (Å²) < 4.78 is 30.3. The molecule has 1 aliphatic rings. The number of carbonyl (C=O) groups is 1. The molecule has 0 bridgehead atoms. The maximum Gasteiger partial charge on any atom is 0.338 e. The van der Waals surface area contributed by atoms with E-state index in [4.69, 9.17) is 14.2 Å². The van der Waals surface area contributed by atoms with E-state index in [0.717, 1.165) is 0 Å². The van der Waals surface area contributed by atoms with Gasteiger partial charge in [-0.2, -0.15) is 0 Å². The van der Waals surface area contributed by atoms with Gasteiger partial charge in [0.2, 0.25) is 0 Å². The van der Waals surface area contributed by atoms with E-state index < -0.39 is 29.8 Å². The predicted octanol–water partition coefficient (Wildman–Crippen LogP) is 2.97. The van der Waals surface area contributed by atoms with Crippen LogP contribution in [0.2, 0.25) is 0 Å². The molecule has 0 aromatic heterocycles. The Hall–Kier alpha value is -1.46. The zero-order chi connectivity index (χ0) is 14.8. The molecular formula is C15H19FO4. The first-order valence-electron chi connectivity index (χ1n) is 6.74. The molecule has 0 saturated carbocycles. The lowest BCUT2D eigenvalue weighted by molar-refractivity contribution is -0.187. The first-order chi connectivity index (χ1) is 9.56. The molecule has 20 heavy (non-hydrogen) atoms. The lowest BCUT2D eigenvalue weighted by Gasteiger charge is -2.24. The van der Waals surface area contributed by atoms with Gasteiger partial charge < -0.3 is 14.2 Å². The van der Waals surface area contributed by atoms with E-state index in [2.05, 4.69) is 0 Å². The van der Waals surface area contributed by atoms with Crippen LogP contribution in [0, 0.1) is 5.82 Å². The highest BCUT2D eigenvalue weighted by Crippen LogP contribution is 2.43. The van der Waals surface area contributed by atoms with Gasteiger partial charge in [-0.25, -0.2) is 9.18 Å². The Balaban J connectivity index is 2.38. The van der Waals surface area contributed by atoms with Crippen molar-refractivity contribution in [3.63, 3.8) is 0 Å². The topological polar surface area (TPSA) is 44.8 Å². The molecule has 1 fully saturated rings. The Morgan fingerprint density at radius 1 is 1.30 bits per heavy atom. The molecule has 110 valence electrons. The minimum Gasteiger partial charge on any atom is -0.467 e. The molecule has 1 heterocycles. The van der Waals surface area contributed by atoms with Crippen LogP contribution in [0.25, 0.3) is 0 Å². The lowest BCUT2D eigenvalue weighted by atomic mass is 10.0. The van der Waals surface area contributed by atoms with Crippen molar-refractivity contribution >= 4 is 5.97 Å². The number of methoxy groups -OCH3 is 1. The van der Waals surface area contributed by atoms with Crippen molar-refractivity contribution in [2.75, 3.05) is 7.11 Å². The van der Waals surface area contributed by atoms with Gasteiger partial charge in [0.15, 0.2) is 11.9 Å². The van der Waals surface area contributed by atoms with E-state index in [0.29, 0.717) is 18.4 Å². The summed E-state index contributed by atoms with van der Waals surface area (Å²) >= 11 is 0. The summed E-state index contributed by atoms with van der Waals surface area (Å²) in [7, 11) is 1.28. The van der Waals surface area contributed by atoms with Gasteiger partial charge in [-0.1, -0.05) is 32.0 Å². The monoisotopic (exact) mass is 282 g/mol. The molecule has 1 aliphatic heterocycles. The molecule has 1 aromatic carbocycles. The summed E-state index contributed by atoms with van der Waals surface area (Å²) in [5, 5.41) is 0. The van der Waals surface area contributed by atoms with Crippen LogP contribution in [-0.2, 0) is 19.0 Å². The van der Waals surface area contributed by atoms with Crippen LogP contribution in [0.3, 0.4) is 0 Å². The number of ether oxygens (including phenoxy) is 3. The van der Waals surface area contributed by atoms with Crippen molar-refractivity contribution < 1.29 is 23.4 Å². The first-order valence-corrected chi connectivity index (χ1v) is 6.74. The molecule has 0 radical (unpaired) electrons. The van der Waals surface area contributed by atoms with Gasteiger partial charge in [-0.3, -0.25) is 0 Å². The second-order valence-electron chi connectivity index (χ2n) is 4.74. The minimum atomic E-state index is -0.947. The van der Waals surface area contributed by atoms with Crippen LogP contribution in [0.5, 0.6) is 0 Å². The van der Waals surface area contributed by atoms with E-state index in [9.17, 15) is 9.18 Å². The fraction of sp³-hybridized carbons (Fsp3) is 0.533. The smallest absolute Gasteiger partial charge is 0.338 e. The summed E-state index contributed by atoms with van der Waals surface area (Å²) in [6.07, 6.45) is -0.593. The summed E-state index contributed by atoms with van der Waals surface area (Å²) in [5.74, 6) is -1.84. The number of halogens is 1. The first kappa shape index (κ1) is 14.9. The Bertz CT molecular complexity index is 485. The Labute approximate surface area is 117 Å². The van der Waals surface area contributed by atoms with Crippen molar-refractivity contribution in [2.24, 2.45) is 0 Å². The molecule has 1 aromatic rings. The predicted molar refractivity (Wildman–Crippen MR) is 70.4 cm³/mol. The average molecular weight is 282 g/mol. The molecule has 2 atom stereocenters. The second-order valence-corrected chi connectivity index (χ2v) is 4.74. The second kappa shape index (κ2) is 5.89. The average Bonchev–Trinajstić information content (AvgIpc) is 2.87. The SMILES string of the molecule is CCC1(CC)OC(c2ccccc2F)[C@H](C(=O)OC)O1. The van der Waals surface area contributed by atoms with Gasteiger partial charge in [0.05, 0.1) is 7.11 Å². The fourth-order valence-corrected chi connectivity index (χ4v) is 2.42. The zero-order valence-corrected chi connectivity index (χ0v) is 11.9. The van der Waals surface area contributed by atoms with E-state index in [1.54, 1.807) is 18.2 Å². The molecule has 5 heteroatoms. The third kappa shape index (κ3) is 2.55. The van der Waals surface area contributed by atoms with Crippen molar-refractivity contribution in [3.05, 3.63) is 35.6 Å². The van der Waals surface area contributed by atoms with E-state index in [1.165, 1.54) is 13.2 Å². The number of carbonyl (C=O) groups excluding carboxylic acids is 1. The number of rotatable bonds is 4. The van der Waals surface area contributed by atoms with Crippen LogP contribution < -0.4 is 0 Å². The number of esters is 1. The number of hydrogen-bond acceptors (Lipinski definition) is 4. The zero-order valence-electron chi connectivity index (χ0n) is 11.9. The summed E-state index contributed by atoms with van der Waals surface area (Å²) in [5.41, 5.74) is 0.312. The molecule has 0 aliphatic carbocycles. The van der Waals surface area contributed by atoms with Crippen molar-refractivity contribution in [1.82, 2.24) is 0 Å². The Kier molecular flexibility index (Phi) is 4.40. The molecule has 1 saturated heterocycles. The van der Waals surface area contributed by atoms with Crippen LogP contribution >= 0.6 is 0 Å². The summed E-state index contributed by atoms with van der Waals surface area (Å²) in [6, 6.07) is 6.23. The Morgan fingerprint density at radius 3 is 2.50 bits per heavy atom. The summed E-state index contributed by atoms with van der Waals surface area (Å²) in [6.45, 7) is 3.81. The van der Waals surface area contributed by atoms with E-state index in [1.807, 2.05) is 13.8 Å². The van der Waals surface area contributed by atoms with Crippen LogP contribution in [0.15, 0.2) is 24.3 Å². The third-order valence-corrected chi connectivity index (χ3v) is 3.68. The maximum atomic E-state index is 14.0. The van der Waals surface area contributed by atoms with Crippen LogP contribution in [0.1, 0.15) is 38.4 Å². The lowest BCUT2D eigenvalue weighted by Crippen LogP contribution is -2.32. The maximum absolute atomic E-state index is 14.0. The van der Waals surface area contributed by atoms with Gasteiger partial charge in [0.25, 0.3) is 0 Å². The van der Waals surface area contributed by atoms with Crippen molar-refractivity contribution in [3.8, 4) is 0 Å². The molecule has 2 rings (SSSR count).